The Hall–Kier alpha value is -1.22. The van der Waals surface area contributed by atoms with Crippen LogP contribution in [0.25, 0.3) is 0 Å². The molecule has 0 aromatic heterocycles. The van der Waals surface area contributed by atoms with Gasteiger partial charge in [-0.2, -0.15) is 0 Å². The molecule has 1 fully saturated rings. The Morgan fingerprint density at radius 2 is 2.25 bits per heavy atom. The number of benzene rings is 1. The van der Waals surface area contributed by atoms with E-state index in [1.54, 1.807) is 7.11 Å². The molecule has 1 aliphatic rings. The second-order valence-electron chi connectivity index (χ2n) is 5.92. The largest absolute Gasteiger partial charge is 0.495 e. The van der Waals surface area contributed by atoms with Gasteiger partial charge < -0.3 is 15.0 Å². The molecule has 1 aromatic rings. The van der Waals surface area contributed by atoms with Crippen LogP contribution in [0, 0.1) is 12.8 Å². The zero-order valence-corrected chi connectivity index (χ0v) is 13.3. The number of hydrogen-bond acceptors (Lipinski definition) is 3. The second kappa shape index (κ2) is 6.98. The summed E-state index contributed by atoms with van der Waals surface area (Å²) in [5.41, 5.74) is 2.53. The predicted octanol–water partition coefficient (Wildman–Crippen LogP) is 3.22. The van der Waals surface area contributed by atoms with Crippen molar-refractivity contribution in [3.8, 4) is 5.75 Å². The van der Waals surface area contributed by atoms with E-state index in [0.717, 1.165) is 25.4 Å². The first kappa shape index (κ1) is 15.2. The van der Waals surface area contributed by atoms with Gasteiger partial charge in [-0.25, -0.2) is 0 Å². The molecule has 0 aliphatic carbocycles. The molecular formula is C17H28N2O. The smallest absolute Gasteiger partial charge is 0.142 e. The summed E-state index contributed by atoms with van der Waals surface area (Å²) in [6.45, 7) is 10.0. The summed E-state index contributed by atoms with van der Waals surface area (Å²) in [6.07, 6.45) is 2.40. The van der Waals surface area contributed by atoms with E-state index >= 15 is 0 Å². The normalized spacial score (nSPS) is 21.4. The molecule has 1 heterocycles. The molecule has 0 spiro atoms. The number of nitrogens with zero attached hydrogens (tertiary/aromatic N) is 1. The molecule has 3 nitrogen and oxygen atoms in total. The van der Waals surface area contributed by atoms with E-state index < -0.39 is 0 Å². The maximum Gasteiger partial charge on any atom is 0.142 e. The standard InChI is InChI=1S/C17H28N2O/c1-5-14(3)15-12-19(10-6-9-18-15)16-11-13(2)7-8-17(16)20-4/h7-8,11,14-15,18H,5-6,9-10,12H2,1-4H3. The summed E-state index contributed by atoms with van der Waals surface area (Å²) >= 11 is 0. The van der Waals surface area contributed by atoms with Crippen LogP contribution in [0.3, 0.4) is 0 Å². The van der Waals surface area contributed by atoms with Crippen molar-refractivity contribution in [2.24, 2.45) is 5.92 Å². The van der Waals surface area contributed by atoms with Crippen molar-refractivity contribution < 1.29 is 4.74 Å². The Morgan fingerprint density at radius 1 is 1.45 bits per heavy atom. The summed E-state index contributed by atoms with van der Waals surface area (Å²) in [4.78, 5) is 2.49. The molecule has 1 aliphatic heterocycles. The molecule has 1 saturated heterocycles. The molecule has 1 aromatic carbocycles. The number of aryl methyl sites for hydroxylation is 1. The predicted molar refractivity (Wildman–Crippen MR) is 85.8 cm³/mol. The summed E-state index contributed by atoms with van der Waals surface area (Å²) in [5, 5.41) is 3.70. The van der Waals surface area contributed by atoms with E-state index in [0.29, 0.717) is 12.0 Å². The lowest BCUT2D eigenvalue weighted by Crippen LogP contribution is -2.42. The van der Waals surface area contributed by atoms with Crippen molar-refractivity contribution in [3.05, 3.63) is 23.8 Å². The lowest BCUT2D eigenvalue weighted by atomic mass is 9.98. The summed E-state index contributed by atoms with van der Waals surface area (Å²) in [5.74, 6) is 1.69. The van der Waals surface area contributed by atoms with Crippen LogP contribution in [0.15, 0.2) is 18.2 Å². The van der Waals surface area contributed by atoms with E-state index in [4.69, 9.17) is 4.74 Å². The minimum Gasteiger partial charge on any atom is -0.495 e. The molecule has 0 bridgehead atoms. The van der Waals surface area contributed by atoms with Gasteiger partial charge in [0.2, 0.25) is 0 Å². The molecular weight excluding hydrogens is 248 g/mol. The van der Waals surface area contributed by atoms with Crippen molar-refractivity contribution >= 4 is 5.69 Å². The van der Waals surface area contributed by atoms with E-state index in [1.165, 1.54) is 24.1 Å². The number of anilines is 1. The van der Waals surface area contributed by atoms with Crippen LogP contribution in [-0.4, -0.2) is 32.8 Å². The number of hydrogen-bond donors (Lipinski definition) is 1. The lowest BCUT2D eigenvalue weighted by molar-refractivity contribution is 0.381. The maximum absolute atomic E-state index is 5.55. The van der Waals surface area contributed by atoms with E-state index in [9.17, 15) is 0 Å². The Morgan fingerprint density at radius 3 is 2.95 bits per heavy atom. The summed E-state index contributed by atoms with van der Waals surface area (Å²) in [6, 6.07) is 7.01. The van der Waals surface area contributed by atoms with Gasteiger partial charge in [-0.15, -0.1) is 0 Å². The van der Waals surface area contributed by atoms with Gasteiger partial charge in [-0.3, -0.25) is 0 Å². The molecule has 2 rings (SSSR count). The Labute approximate surface area is 123 Å². The van der Waals surface area contributed by atoms with E-state index in [1.807, 2.05) is 0 Å². The monoisotopic (exact) mass is 276 g/mol. The molecule has 0 amide bonds. The average Bonchev–Trinajstić information content (AvgIpc) is 2.72. The Balaban J connectivity index is 2.23. The van der Waals surface area contributed by atoms with Crippen molar-refractivity contribution in [1.29, 1.82) is 0 Å². The topological polar surface area (TPSA) is 24.5 Å². The first-order valence-corrected chi connectivity index (χ1v) is 7.78. The quantitative estimate of drug-likeness (QED) is 0.914. The van der Waals surface area contributed by atoms with Gasteiger partial charge >= 0.3 is 0 Å². The van der Waals surface area contributed by atoms with Crippen LogP contribution in [0.5, 0.6) is 5.75 Å². The molecule has 3 heteroatoms. The third-order valence-corrected chi connectivity index (χ3v) is 4.43. The zero-order chi connectivity index (χ0) is 14.5. The van der Waals surface area contributed by atoms with E-state index in [-0.39, 0.29) is 0 Å². The fourth-order valence-electron chi connectivity index (χ4n) is 2.88. The lowest BCUT2D eigenvalue weighted by Gasteiger charge is -2.30. The van der Waals surface area contributed by atoms with Crippen LogP contribution in [0.4, 0.5) is 5.69 Å². The Bertz CT molecular complexity index is 433. The summed E-state index contributed by atoms with van der Waals surface area (Å²) in [7, 11) is 1.76. The number of ether oxygens (including phenoxy) is 1. The van der Waals surface area contributed by atoms with Crippen LogP contribution in [0.1, 0.15) is 32.3 Å². The van der Waals surface area contributed by atoms with Gasteiger partial charge in [0.05, 0.1) is 12.8 Å². The van der Waals surface area contributed by atoms with Crippen LogP contribution in [0.2, 0.25) is 0 Å². The molecule has 0 saturated carbocycles. The highest BCUT2D eigenvalue weighted by Crippen LogP contribution is 2.30. The minimum absolute atomic E-state index is 0.563. The van der Waals surface area contributed by atoms with Gasteiger partial charge in [0.25, 0.3) is 0 Å². The molecule has 1 N–H and O–H groups in total. The van der Waals surface area contributed by atoms with Crippen molar-refractivity contribution in [2.45, 2.75) is 39.7 Å². The number of rotatable bonds is 4. The fraction of sp³-hybridized carbons (Fsp3) is 0.647. The molecule has 2 unspecified atom stereocenters. The maximum atomic E-state index is 5.55. The van der Waals surface area contributed by atoms with Crippen LogP contribution < -0.4 is 15.0 Å². The second-order valence-corrected chi connectivity index (χ2v) is 5.92. The number of nitrogens with one attached hydrogen (secondary N) is 1. The molecule has 20 heavy (non-hydrogen) atoms. The van der Waals surface area contributed by atoms with Gasteiger partial charge in [0, 0.05) is 19.1 Å². The van der Waals surface area contributed by atoms with Gasteiger partial charge in [-0.05, 0) is 43.5 Å². The first-order chi connectivity index (χ1) is 9.65. The molecule has 112 valence electrons. The van der Waals surface area contributed by atoms with Crippen LogP contribution in [-0.2, 0) is 0 Å². The highest BCUT2D eigenvalue weighted by molar-refractivity contribution is 5.60. The van der Waals surface area contributed by atoms with Gasteiger partial charge in [-0.1, -0.05) is 26.3 Å². The minimum atomic E-state index is 0.563. The van der Waals surface area contributed by atoms with Crippen molar-refractivity contribution in [1.82, 2.24) is 5.32 Å². The Kier molecular flexibility index (Phi) is 5.30. The first-order valence-electron chi connectivity index (χ1n) is 7.78. The number of methoxy groups -OCH3 is 1. The highest BCUT2D eigenvalue weighted by atomic mass is 16.5. The highest BCUT2D eigenvalue weighted by Gasteiger charge is 2.23. The van der Waals surface area contributed by atoms with E-state index in [2.05, 4.69) is 49.2 Å². The molecule has 0 radical (unpaired) electrons. The fourth-order valence-corrected chi connectivity index (χ4v) is 2.88. The summed E-state index contributed by atoms with van der Waals surface area (Å²) < 4.78 is 5.55. The molecule has 2 atom stereocenters. The third-order valence-electron chi connectivity index (χ3n) is 4.43. The van der Waals surface area contributed by atoms with Gasteiger partial charge in [0.15, 0.2) is 0 Å². The van der Waals surface area contributed by atoms with Gasteiger partial charge in [0.1, 0.15) is 5.75 Å². The SMILES string of the molecule is CCC(C)C1CN(c2cc(C)ccc2OC)CCCN1. The van der Waals surface area contributed by atoms with Crippen LogP contribution >= 0.6 is 0 Å². The zero-order valence-electron chi connectivity index (χ0n) is 13.3. The van der Waals surface area contributed by atoms with Crippen molar-refractivity contribution in [3.63, 3.8) is 0 Å². The van der Waals surface area contributed by atoms with Crippen molar-refractivity contribution in [2.75, 3.05) is 31.6 Å². The average molecular weight is 276 g/mol. The third kappa shape index (κ3) is 3.45.